The van der Waals surface area contributed by atoms with E-state index in [-0.39, 0.29) is 11.3 Å². The smallest absolute Gasteiger partial charge is 0.224 e. The van der Waals surface area contributed by atoms with Crippen LogP contribution in [0, 0.1) is 0 Å². The molecule has 3 nitrogen and oxygen atoms in total. The molecule has 2 rings (SSSR count). The quantitative estimate of drug-likeness (QED) is 0.849. The zero-order chi connectivity index (χ0) is 13.0. The number of nitrogens with one attached hydrogen (secondary N) is 1. The summed E-state index contributed by atoms with van der Waals surface area (Å²) in [5, 5.41) is 3.63. The normalized spacial score (nSPS) is 12.2. The molecule has 0 aliphatic heterocycles. The number of hydrogen-bond donors (Lipinski definition) is 1. The maximum Gasteiger partial charge on any atom is 0.224 e. The number of aromatic nitrogens is 2. The fraction of sp³-hybridized carbons (Fsp3) is 0.286. The standard InChI is InChI=1S/C14H16ClN3/c1-3-12-9-13(18-14(15)17-12)16-10(2)11-7-5-4-6-8-11/h4-10H,3H2,1-2H3,(H,16,17,18). The van der Waals surface area contributed by atoms with Crippen molar-refractivity contribution in [3.05, 3.63) is 52.9 Å². The highest BCUT2D eigenvalue weighted by Gasteiger charge is 2.07. The number of nitrogens with zero attached hydrogens (tertiary/aromatic N) is 2. The van der Waals surface area contributed by atoms with Crippen molar-refractivity contribution in [1.82, 2.24) is 9.97 Å². The van der Waals surface area contributed by atoms with E-state index >= 15 is 0 Å². The van der Waals surface area contributed by atoms with E-state index in [1.807, 2.05) is 31.2 Å². The molecule has 1 N–H and O–H groups in total. The molecule has 4 heteroatoms. The second kappa shape index (κ2) is 5.83. The van der Waals surface area contributed by atoms with Crippen LogP contribution in [0.2, 0.25) is 5.28 Å². The highest BCUT2D eigenvalue weighted by atomic mass is 35.5. The van der Waals surface area contributed by atoms with Gasteiger partial charge >= 0.3 is 0 Å². The Morgan fingerprint density at radius 2 is 1.94 bits per heavy atom. The van der Waals surface area contributed by atoms with Crippen LogP contribution in [-0.2, 0) is 6.42 Å². The van der Waals surface area contributed by atoms with E-state index < -0.39 is 0 Å². The van der Waals surface area contributed by atoms with Crippen molar-refractivity contribution in [2.24, 2.45) is 0 Å². The lowest BCUT2D eigenvalue weighted by Crippen LogP contribution is -2.08. The second-order valence-electron chi connectivity index (χ2n) is 4.14. The SMILES string of the molecule is CCc1cc(NC(C)c2ccccc2)nc(Cl)n1. The van der Waals surface area contributed by atoms with Gasteiger partial charge in [0.1, 0.15) is 5.82 Å². The molecule has 0 aliphatic carbocycles. The van der Waals surface area contributed by atoms with Gasteiger partial charge in [0.25, 0.3) is 0 Å². The summed E-state index contributed by atoms with van der Waals surface area (Å²) < 4.78 is 0. The van der Waals surface area contributed by atoms with E-state index in [9.17, 15) is 0 Å². The van der Waals surface area contributed by atoms with E-state index in [0.717, 1.165) is 17.9 Å². The van der Waals surface area contributed by atoms with Gasteiger partial charge in [-0.2, -0.15) is 0 Å². The number of halogens is 1. The van der Waals surface area contributed by atoms with Crippen LogP contribution in [-0.4, -0.2) is 9.97 Å². The Balaban J connectivity index is 2.16. The van der Waals surface area contributed by atoms with E-state index in [0.29, 0.717) is 0 Å². The first-order chi connectivity index (χ1) is 8.69. The Kier molecular flexibility index (Phi) is 4.15. The van der Waals surface area contributed by atoms with E-state index in [1.54, 1.807) is 0 Å². The molecule has 1 unspecified atom stereocenters. The largest absolute Gasteiger partial charge is 0.363 e. The summed E-state index contributed by atoms with van der Waals surface area (Å²) in [6.45, 7) is 4.14. The van der Waals surface area contributed by atoms with Gasteiger partial charge in [-0.05, 0) is 30.5 Å². The summed E-state index contributed by atoms with van der Waals surface area (Å²) in [4.78, 5) is 8.34. The summed E-state index contributed by atoms with van der Waals surface area (Å²) in [6.07, 6.45) is 0.844. The van der Waals surface area contributed by atoms with Gasteiger partial charge in [0.15, 0.2) is 0 Å². The minimum atomic E-state index is 0.182. The van der Waals surface area contributed by atoms with Gasteiger partial charge in [0, 0.05) is 17.8 Å². The van der Waals surface area contributed by atoms with Crippen LogP contribution < -0.4 is 5.32 Å². The van der Waals surface area contributed by atoms with Gasteiger partial charge < -0.3 is 5.32 Å². The Morgan fingerprint density at radius 1 is 1.22 bits per heavy atom. The molecule has 0 saturated carbocycles. The van der Waals surface area contributed by atoms with E-state index in [1.165, 1.54) is 5.56 Å². The molecule has 0 aliphatic rings. The summed E-state index contributed by atoms with van der Waals surface area (Å²) >= 11 is 5.90. The molecule has 0 fully saturated rings. The van der Waals surface area contributed by atoms with Crippen molar-refractivity contribution in [3.63, 3.8) is 0 Å². The summed E-state index contributed by atoms with van der Waals surface area (Å²) in [5.41, 5.74) is 2.16. The first-order valence-electron chi connectivity index (χ1n) is 6.04. The molecule has 1 heterocycles. The average molecular weight is 262 g/mol. The molecule has 0 amide bonds. The van der Waals surface area contributed by atoms with Crippen molar-refractivity contribution in [2.45, 2.75) is 26.3 Å². The predicted molar refractivity (Wildman–Crippen MR) is 74.9 cm³/mol. The number of rotatable bonds is 4. The molecule has 1 aromatic carbocycles. The van der Waals surface area contributed by atoms with Crippen molar-refractivity contribution in [3.8, 4) is 0 Å². The molecule has 1 atom stereocenters. The number of aryl methyl sites for hydroxylation is 1. The molecule has 0 radical (unpaired) electrons. The molecular weight excluding hydrogens is 246 g/mol. The summed E-state index contributed by atoms with van der Waals surface area (Å²) in [6, 6.07) is 12.3. The third-order valence-electron chi connectivity index (χ3n) is 2.78. The van der Waals surface area contributed by atoms with Crippen LogP contribution in [0.1, 0.15) is 31.1 Å². The molecule has 1 aromatic heterocycles. The maximum atomic E-state index is 5.90. The zero-order valence-corrected chi connectivity index (χ0v) is 11.3. The first-order valence-corrected chi connectivity index (χ1v) is 6.41. The Labute approximate surface area is 112 Å². The van der Waals surface area contributed by atoms with Crippen molar-refractivity contribution in [1.29, 1.82) is 0 Å². The third kappa shape index (κ3) is 3.20. The summed E-state index contributed by atoms with van der Waals surface area (Å²) in [7, 11) is 0. The average Bonchev–Trinajstić information content (AvgIpc) is 2.39. The van der Waals surface area contributed by atoms with Gasteiger partial charge in [-0.25, -0.2) is 9.97 Å². The summed E-state index contributed by atoms with van der Waals surface area (Å²) in [5.74, 6) is 0.767. The Morgan fingerprint density at radius 3 is 2.61 bits per heavy atom. The van der Waals surface area contributed by atoms with Crippen molar-refractivity contribution in [2.75, 3.05) is 5.32 Å². The van der Waals surface area contributed by atoms with Crippen LogP contribution in [0.3, 0.4) is 0 Å². The second-order valence-corrected chi connectivity index (χ2v) is 4.48. The lowest BCUT2D eigenvalue weighted by Gasteiger charge is -2.15. The Hall–Kier alpha value is -1.61. The Bertz CT molecular complexity index is 514. The molecule has 0 bridgehead atoms. The van der Waals surface area contributed by atoms with Gasteiger partial charge in [-0.15, -0.1) is 0 Å². The minimum Gasteiger partial charge on any atom is -0.363 e. The molecule has 0 saturated heterocycles. The molecular formula is C14H16ClN3. The fourth-order valence-electron chi connectivity index (χ4n) is 1.77. The third-order valence-corrected chi connectivity index (χ3v) is 2.95. The zero-order valence-electron chi connectivity index (χ0n) is 10.5. The van der Waals surface area contributed by atoms with Crippen LogP contribution in [0.25, 0.3) is 0 Å². The van der Waals surface area contributed by atoms with Gasteiger partial charge in [0.2, 0.25) is 5.28 Å². The minimum absolute atomic E-state index is 0.182. The molecule has 94 valence electrons. The number of hydrogen-bond acceptors (Lipinski definition) is 3. The van der Waals surface area contributed by atoms with E-state index in [4.69, 9.17) is 11.6 Å². The lowest BCUT2D eigenvalue weighted by molar-refractivity contribution is 0.867. The van der Waals surface area contributed by atoms with Crippen molar-refractivity contribution < 1.29 is 0 Å². The van der Waals surface area contributed by atoms with Crippen LogP contribution >= 0.6 is 11.6 Å². The van der Waals surface area contributed by atoms with Gasteiger partial charge in [0.05, 0.1) is 0 Å². The highest BCUT2D eigenvalue weighted by Crippen LogP contribution is 2.19. The van der Waals surface area contributed by atoms with Crippen LogP contribution in [0.4, 0.5) is 5.82 Å². The predicted octanol–water partition coefficient (Wildman–Crippen LogP) is 3.87. The topological polar surface area (TPSA) is 37.8 Å². The number of benzene rings is 1. The van der Waals surface area contributed by atoms with E-state index in [2.05, 4.69) is 34.3 Å². The molecule has 0 spiro atoms. The van der Waals surface area contributed by atoms with Gasteiger partial charge in [-0.1, -0.05) is 37.3 Å². The molecule has 2 aromatic rings. The van der Waals surface area contributed by atoms with Crippen LogP contribution in [0.5, 0.6) is 0 Å². The number of anilines is 1. The maximum absolute atomic E-state index is 5.90. The lowest BCUT2D eigenvalue weighted by atomic mass is 10.1. The molecule has 18 heavy (non-hydrogen) atoms. The van der Waals surface area contributed by atoms with Crippen molar-refractivity contribution >= 4 is 17.4 Å². The van der Waals surface area contributed by atoms with Gasteiger partial charge in [-0.3, -0.25) is 0 Å². The highest BCUT2D eigenvalue weighted by molar-refractivity contribution is 6.28. The monoisotopic (exact) mass is 261 g/mol. The first kappa shape index (κ1) is 12.8. The fourth-order valence-corrected chi connectivity index (χ4v) is 1.97. The van der Waals surface area contributed by atoms with Crippen LogP contribution in [0.15, 0.2) is 36.4 Å².